The third-order valence-electron chi connectivity index (χ3n) is 5.95. The molecule has 0 atom stereocenters. The maximum atomic E-state index is 14.0. The molecule has 0 nitrogen and oxygen atoms in total. The third kappa shape index (κ3) is 9.35. The minimum atomic E-state index is -7.63. The summed E-state index contributed by atoms with van der Waals surface area (Å²) in [6, 6.07) is 0. The summed E-state index contributed by atoms with van der Waals surface area (Å²) >= 11 is 0. The first-order valence-corrected chi connectivity index (χ1v) is 13.9. The summed E-state index contributed by atoms with van der Waals surface area (Å²) in [4.78, 5) is -8.42. The van der Waals surface area contributed by atoms with Crippen molar-refractivity contribution in [1.82, 2.24) is 0 Å². The Hall–Kier alpha value is -2.96. The second kappa shape index (κ2) is 13.3. The van der Waals surface area contributed by atoms with Gasteiger partial charge >= 0.3 is 61.8 Å². The van der Waals surface area contributed by atoms with Gasteiger partial charge in [0.05, 0.1) is 55.6 Å². The maximum absolute atomic E-state index is 14.0. The van der Waals surface area contributed by atoms with E-state index in [0.29, 0.717) is 0 Å². The van der Waals surface area contributed by atoms with Crippen LogP contribution in [0.5, 0.6) is 0 Å². The summed E-state index contributed by atoms with van der Waals surface area (Å²) in [6.07, 6.45) is -76.2. The monoisotopic (exact) mass is 898 g/mol. The minimum Gasteiger partial charge on any atom is -0.166 e. The Labute approximate surface area is 281 Å². The minimum absolute atomic E-state index is 2.73. The Kier molecular flexibility index (Phi) is 11.6. The van der Waals surface area contributed by atoms with E-state index >= 15 is 0 Å². The third-order valence-corrected chi connectivity index (χ3v) is 8.43. The lowest BCUT2D eigenvalue weighted by Gasteiger charge is -2.31. The smallest absolute Gasteiger partial charge is 0.166 e. The van der Waals surface area contributed by atoms with Crippen LogP contribution < -0.4 is 0 Å². The lowest BCUT2D eigenvalue weighted by atomic mass is 9.89. The van der Waals surface area contributed by atoms with Crippen LogP contribution in [0.15, 0.2) is 9.79 Å². The summed E-state index contributed by atoms with van der Waals surface area (Å²) in [7, 11) is -5.47. The highest BCUT2D eigenvalue weighted by atomic mass is 33.1. The molecule has 2 rings (SSSR count). The quantitative estimate of drug-likeness (QED) is 0.222. The van der Waals surface area contributed by atoms with E-state index in [1.54, 1.807) is 0 Å². The zero-order valence-corrected chi connectivity index (χ0v) is 24.8. The predicted octanol–water partition coefficient (Wildman–Crippen LogP) is 14.7. The second-order valence-electron chi connectivity index (χ2n) is 9.55. The van der Waals surface area contributed by atoms with Crippen molar-refractivity contribution in [2.24, 2.45) is 0 Å². The summed E-state index contributed by atoms with van der Waals surface area (Å²) in [5, 5.41) is 0. The molecule has 0 aliphatic carbocycles. The topological polar surface area (TPSA) is 0 Å². The molecule has 0 fully saturated rings. The van der Waals surface area contributed by atoms with Gasteiger partial charge in [0.25, 0.3) is 0 Å². The fraction of sp³-hybridized carbons (Fsp3) is 0.455. The molecular formula is C22F30S2. The molecule has 2 aromatic rings. The van der Waals surface area contributed by atoms with Crippen LogP contribution in [0.3, 0.4) is 0 Å². The van der Waals surface area contributed by atoms with Crippen molar-refractivity contribution in [2.75, 3.05) is 0 Å². The highest BCUT2D eigenvalue weighted by Gasteiger charge is 2.63. The van der Waals surface area contributed by atoms with Crippen molar-refractivity contribution >= 4 is 21.6 Å². The fourth-order valence-electron chi connectivity index (χ4n) is 4.49. The normalized spacial score (nSPS) is 15.0. The summed E-state index contributed by atoms with van der Waals surface area (Å²) in [5.74, 6) is 0. The largest absolute Gasteiger partial charge is 0.418 e. The number of benzene rings is 2. The van der Waals surface area contributed by atoms with Crippen molar-refractivity contribution < 1.29 is 132 Å². The van der Waals surface area contributed by atoms with Crippen molar-refractivity contribution in [3.8, 4) is 0 Å². The van der Waals surface area contributed by atoms with Crippen LogP contribution in [0.1, 0.15) is 55.6 Å². The van der Waals surface area contributed by atoms with Crippen LogP contribution in [0.4, 0.5) is 132 Å². The van der Waals surface area contributed by atoms with Gasteiger partial charge in [-0.3, -0.25) is 0 Å². The van der Waals surface area contributed by atoms with Gasteiger partial charge < -0.3 is 0 Å². The highest BCUT2D eigenvalue weighted by Crippen LogP contribution is 2.64. The Morgan fingerprint density at radius 2 is 0.259 bits per heavy atom. The van der Waals surface area contributed by atoms with E-state index in [4.69, 9.17) is 0 Å². The Balaban J connectivity index is 3.68. The average molecular weight is 898 g/mol. The van der Waals surface area contributed by atoms with Gasteiger partial charge in [0.15, 0.2) is 0 Å². The SMILES string of the molecule is FC(F)(F)c1c(SSc2c(C(F)(F)F)c(C(F)(F)F)c(C(F)(F)F)c(C(F)(F)F)c2C(F)(F)F)c(C(F)(F)F)c(C(F)(F)F)c(C(F)(F)F)c1C(F)(F)F. The average Bonchev–Trinajstić information content (AvgIpc) is 2.83. The molecule has 0 spiro atoms. The molecule has 0 heterocycles. The first-order valence-electron chi connectivity index (χ1n) is 11.7. The van der Waals surface area contributed by atoms with Gasteiger partial charge in [-0.05, 0) is 0 Å². The molecular weight excluding hydrogens is 898 g/mol. The fourth-order valence-corrected chi connectivity index (χ4v) is 7.36. The lowest BCUT2D eigenvalue weighted by molar-refractivity contribution is -0.191. The summed E-state index contributed by atoms with van der Waals surface area (Å²) in [5.41, 5.74) is -48.1. The van der Waals surface area contributed by atoms with Crippen molar-refractivity contribution in [3.05, 3.63) is 55.6 Å². The van der Waals surface area contributed by atoms with Crippen molar-refractivity contribution in [1.29, 1.82) is 0 Å². The van der Waals surface area contributed by atoms with Crippen LogP contribution in [0.25, 0.3) is 0 Å². The van der Waals surface area contributed by atoms with Gasteiger partial charge in [0.1, 0.15) is 0 Å². The molecule has 0 saturated heterocycles. The molecule has 2 aromatic carbocycles. The number of hydrogen-bond acceptors (Lipinski definition) is 2. The van der Waals surface area contributed by atoms with Crippen LogP contribution in [-0.4, -0.2) is 0 Å². The zero-order valence-electron chi connectivity index (χ0n) is 23.2. The van der Waals surface area contributed by atoms with Crippen LogP contribution in [0.2, 0.25) is 0 Å². The molecule has 0 saturated carbocycles. The van der Waals surface area contributed by atoms with E-state index in [-0.39, 0.29) is 0 Å². The number of halogens is 30. The van der Waals surface area contributed by atoms with Crippen molar-refractivity contribution in [2.45, 2.75) is 71.6 Å². The van der Waals surface area contributed by atoms with E-state index in [1.165, 1.54) is 0 Å². The molecule has 0 aliphatic heterocycles. The van der Waals surface area contributed by atoms with Gasteiger partial charge in [0.2, 0.25) is 0 Å². The Bertz CT molecular complexity index is 1500. The maximum Gasteiger partial charge on any atom is 0.418 e. The molecule has 32 heteroatoms. The zero-order chi connectivity index (χ0) is 43.3. The molecule has 0 amide bonds. The molecule has 0 radical (unpaired) electrons. The first-order chi connectivity index (χ1) is 23.2. The van der Waals surface area contributed by atoms with Gasteiger partial charge in [-0.15, -0.1) is 0 Å². The van der Waals surface area contributed by atoms with Gasteiger partial charge in [-0.2, -0.15) is 132 Å². The highest BCUT2D eigenvalue weighted by molar-refractivity contribution is 8.76. The van der Waals surface area contributed by atoms with Crippen molar-refractivity contribution in [3.63, 3.8) is 0 Å². The molecule has 0 unspecified atom stereocenters. The lowest BCUT2D eigenvalue weighted by Crippen LogP contribution is -2.32. The Morgan fingerprint density at radius 3 is 0.352 bits per heavy atom. The van der Waals surface area contributed by atoms with Gasteiger partial charge in [0, 0.05) is 9.79 Å². The van der Waals surface area contributed by atoms with Gasteiger partial charge in [-0.1, -0.05) is 21.6 Å². The van der Waals surface area contributed by atoms with E-state index in [9.17, 15) is 132 Å². The number of alkyl halides is 30. The molecule has 0 bridgehead atoms. The second-order valence-corrected chi connectivity index (χ2v) is 11.7. The van der Waals surface area contributed by atoms with E-state index in [1.807, 2.05) is 0 Å². The number of rotatable bonds is 3. The molecule has 0 aromatic heterocycles. The molecule has 54 heavy (non-hydrogen) atoms. The predicted molar refractivity (Wildman–Crippen MR) is 115 cm³/mol. The Morgan fingerprint density at radius 1 is 0.167 bits per heavy atom. The standard InChI is InChI=1S/C22F30S2/c23-13(24,25)1-3(15(29,30)31)7(19(41,42)43)11(8(20(44,45)46)4(1)16(32,33)34)53-54-12-9(21(47,48)49)5(17(35,36)37)2(14(26,27)28)6(18(38,39)40)10(12)22(50,51)52. The van der Waals surface area contributed by atoms with E-state index < -0.39 is 149 Å². The van der Waals surface area contributed by atoms with Crippen LogP contribution in [0, 0.1) is 0 Å². The molecule has 0 aliphatic rings. The van der Waals surface area contributed by atoms with Crippen LogP contribution in [-0.2, 0) is 61.8 Å². The summed E-state index contributed by atoms with van der Waals surface area (Å²) < 4.78 is 414. The molecule has 310 valence electrons. The van der Waals surface area contributed by atoms with Crippen LogP contribution >= 0.6 is 21.6 Å². The first kappa shape index (κ1) is 47.2. The molecule has 0 N–H and O–H groups in total. The summed E-state index contributed by atoms with van der Waals surface area (Å²) in [6.45, 7) is 0. The van der Waals surface area contributed by atoms with Gasteiger partial charge in [-0.25, -0.2) is 0 Å². The van der Waals surface area contributed by atoms with E-state index in [2.05, 4.69) is 0 Å². The number of hydrogen-bond donors (Lipinski definition) is 0. The van der Waals surface area contributed by atoms with E-state index in [0.717, 1.165) is 0 Å².